The molecule has 1 aromatic carbocycles. The summed E-state index contributed by atoms with van der Waals surface area (Å²) in [4.78, 5) is 1.92. The van der Waals surface area contributed by atoms with E-state index in [4.69, 9.17) is 0 Å². The van der Waals surface area contributed by atoms with E-state index in [-0.39, 0.29) is 11.6 Å². The van der Waals surface area contributed by atoms with Crippen molar-refractivity contribution in [3.05, 3.63) is 35.4 Å². The molecule has 1 unspecified atom stereocenters. The second-order valence-corrected chi connectivity index (χ2v) is 5.00. The summed E-state index contributed by atoms with van der Waals surface area (Å²) in [5, 5.41) is 3.16. The topological polar surface area (TPSA) is 15.3 Å². The Labute approximate surface area is 102 Å². The van der Waals surface area contributed by atoms with E-state index in [2.05, 4.69) is 5.32 Å². The van der Waals surface area contributed by atoms with Crippen molar-refractivity contribution in [2.45, 2.75) is 25.4 Å². The summed E-state index contributed by atoms with van der Waals surface area (Å²) in [5.41, 5.74) is 0.179. The third kappa shape index (κ3) is 3.01. The van der Waals surface area contributed by atoms with Gasteiger partial charge in [-0.1, -0.05) is 6.07 Å². The van der Waals surface area contributed by atoms with Crippen LogP contribution < -0.4 is 5.32 Å². The number of hydrogen-bond acceptors (Lipinski definition) is 2. The maximum absolute atomic E-state index is 13.8. The molecule has 0 aliphatic rings. The van der Waals surface area contributed by atoms with E-state index in [0.717, 1.165) is 6.07 Å². The van der Waals surface area contributed by atoms with Crippen LogP contribution in [0.3, 0.4) is 0 Å². The third-order valence-electron chi connectivity index (χ3n) is 3.10. The van der Waals surface area contributed by atoms with Crippen LogP contribution in [0.15, 0.2) is 18.2 Å². The van der Waals surface area contributed by atoms with Gasteiger partial charge in [0.15, 0.2) is 0 Å². The molecule has 1 N–H and O–H groups in total. The molecule has 0 saturated carbocycles. The molecular weight excluding hydrogens is 222 g/mol. The first kappa shape index (κ1) is 14.1. The predicted octanol–water partition coefficient (Wildman–Crippen LogP) is 2.57. The molecule has 0 amide bonds. The fourth-order valence-corrected chi connectivity index (χ4v) is 2.17. The van der Waals surface area contributed by atoms with E-state index in [9.17, 15) is 8.78 Å². The Hall–Kier alpha value is -1.00. The van der Waals surface area contributed by atoms with E-state index >= 15 is 0 Å². The van der Waals surface area contributed by atoms with E-state index in [1.807, 2.05) is 39.9 Å². The van der Waals surface area contributed by atoms with Gasteiger partial charge in [0.1, 0.15) is 11.6 Å². The monoisotopic (exact) mass is 242 g/mol. The molecule has 0 saturated heterocycles. The van der Waals surface area contributed by atoms with Gasteiger partial charge in [-0.3, -0.25) is 0 Å². The second-order valence-electron chi connectivity index (χ2n) is 5.00. The van der Waals surface area contributed by atoms with Crippen LogP contribution in [0.5, 0.6) is 0 Å². The zero-order valence-electron chi connectivity index (χ0n) is 11.0. The molecule has 0 heterocycles. The lowest BCUT2D eigenvalue weighted by Gasteiger charge is -2.39. The standard InChI is InChI=1S/C13H20F2N2/c1-13(2,16-3)12(17(4)5)10-7-6-9(14)8-11(10)15/h6-8,12,16H,1-5H3. The lowest BCUT2D eigenvalue weighted by atomic mass is 9.87. The van der Waals surface area contributed by atoms with E-state index in [0.29, 0.717) is 5.56 Å². The SMILES string of the molecule is CNC(C)(C)C(c1ccc(F)cc1F)N(C)C. The summed E-state index contributed by atoms with van der Waals surface area (Å²) in [5.74, 6) is -1.06. The number of likely N-dealkylation sites (N-methyl/N-ethyl adjacent to an activating group) is 2. The zero-order chi connectivity index (χ0) is 13.2. The normalized spacial score (nSPS) is 14.1. The molecule has 1 aromatic rings. The molecule has 2 nitrogen and oxygen atoms in total. The third-order valence-corrected chi connectivity index (χ3v) is 3.10. The molecule has 0 fully saturated rings. The molecule has 1 rings (SSSR count). The van der Waals surface area contributed by atoms with Crippen molar-refractivity contribution in [1.29, 1.82) is 0 Å². The van der Waals surface area contributed by atoms with Crippen molar-refractivity contribution in [3.8, 4) is 0 Å². The van der Waals surface area contributed by atoms with Gasteiger partial charge in [-0.15, -0.1) is 0 Å². The first-order chi connectivity index (χ1) is 7.79. The predicted molar refractivity (Wildman–Crippen MR) is 65.9 cm³/mol. The van der Waals surface area contributed by atoms with Gasteiger partial charge in [-0.25, -0.2) is 8.78 Å². The molecule has 0 spiro atoms. The first-order valence-corrected chi connectivity index (χ1v) is 5.60. The van der Waals surface area contributed by atoms with Crippen LogP contribution in [0.1, 0.15) is 25.5 Å². The highest BCUT2D eigenvalue weighted by Gasteiger charge is 2.32. The Balaban J connectivity index is 3.24. The minimum Gasteiger partial charge on any atom is -0.313 e. The highest BCUT2D eigenvalue weighted by atomic mass is 19.1. The summed E-state index contributed by atoms with van der Waals surface area (Å²) in [6.07, 6.45) is 0. The number of nitrogens with one attached hydrogen (secondary N) is 1. The van der Waals surface area contributed by atoms with Gasteiger partial charge in [-0.2, -0.15) is 0 Å². The summed E-state index contributed by atoms with van der Waals surface area (Å²) >= 11 is 0. The van der Waals surface area contributed by atoms with Crippen molar-refractivity contribution in [1.82, 2.24) is 10.2 Å². The summed E-state index contributed by atoms with van der Waals surface area (Å²) in [6, 6.07) is 3.56. The molecule has 0 bridgehead atoms. The van der Waals surface area contributed by atoms with Crippen molar-refractivity contribution in [2.24, 2.45) is 0 Å². The maximum Gasteiger partial charge on any atom is 0.130 e. The molecule has 0 aliphatic heterocycles. The van der Waals surface area contributed by atoms with Crippen molar-refractivity contribution < 1.29 is 8.78 Å². The number of hydrogen-bond donors (Lipinski definition) is 1. The van der Waals surface area contributed by atoms with Gasteiger partial charge in [0.25, 0.3) is 0 Å². The molecule has 17 heavy (non-hydrogen) atoms. The van der Waals surface area contributed by atoms with Crippen molar-refractivity contribution in [2.75, 3.05) is 21.1 Å². The summed E-state index contributed by atoms with van der Waals surface area (Å²) < 4.78 is 26.8. The number of rotatable bonds is 4. The van der Waals surface area contributed by atoms with Gasteiger partial charge in [0, 0.05) is 17.2 Å². The second kappa shape index (κ2) is 5.10. The van der Waals surface area contributed by atoms with Crippen LogP contribution >= 0.6 is 0 Å². The molecule has 1 atom stereocenters. The van der Waals surface area contributed by atoms with Crippen LogP contribution in [-0.2, 0) is 0 Å². The molecule has 0 aliphatic carbocycles. The van der Waals surface area contributed by atoms with Crippen molar-refractivity contribution in [3.63, 3.8) is 0 Å². The first-order valence-electron chi connectivity index (χ1n) is 5.60. The van der Waals surface area contributed by atoms with Gasteiger partial charge in [0.05, 0.1) is 6.04 Å². The number of nitrogens with zero attached hydrogens (tertiary/aromatic N) is 1. The smallest absolute Gasteiger partial charge is 0.130 e. The van der Waals surface area contributed by atoms with E-state index in [1.165, 1.54) is 12.1 Å². The van der Waals surface area contributed by atoms with Crippen LogP contribution in [0, 0.1) is 11.6 Å². The average Bonchev–Trinajstić information content (AvgIpc) is 2.21. The van der Waals surface area contributed by atoms with Crippen LogP contribution in [-0.4, -0.2) is 31.6 Å². The fraction of sp³-hybridized carbons (Fsp3) is 0.538. The Morgan fingerprint density at radius 1 is 1.24 bits per heavy atom. The molecular formula is C13H20F2N2. The Kier molecular flexibility index (Phi) is 4.22. The van der Waals surface area contributed by atoms with E-state index in [1.54, 1.807) is 0 Å². The van der Waals surface area contributed by atoms with Gasteiger partial charge >= 0.3 is 0 Å². The largest absolute Gasteiger partial charge is 0.313 e. The zero-order valence-corrected chi connectivity index (χ0v) is 11.0. The van der Waals surface area contributed by atoms with Crippen LogP contribution in [0.25, 0.3) is 0 Å². The quantitative estimate of drug-likeness (QED) is 0.873. The fourth-order valence-electron chi connectivity index (χ4n) is 2.17. The highest BCUT2D eigenvalue weighted by molar-refractivity contribution is 5.25. The molecule has 4 heteroatoms. The minimum absolute atomic E-state index is 0.173. The Bertz CT molecular complexity index is 389. The van der Waals surface area contributed by atoms with Gasteiger partial charge in [-0.05, 0) is 41.1 Å². The number of halogens is 2. The lowest BCUT2D eigenvalue weighted by molar-refractivity contribution is 0.173. The minimum atomic E-state index is -0.550. The van der Waals surface area contributed by atoms with Gasteiger partial charge < -0.3 is 10.2 Å². The highest BCUT2D eigenvalue weighted by Crippen LogP contribution is 2.31. The molecule has 96 valence electrons. The summed E-state index contributed by atoms with van der Waals surface area (Å²) in [7, 11) is 5.59. The maximum atomic E-state index is 13.8. The Morgan fingerprint density at radius 2 is 1.82 bits per heavy atom. The van der Waals surface area contributed by atoms with Crippen LogP contribution in [0.4, 0.5) is 8.78 Å². The molecule has 0 radical (unpaired) electrons. The average molecular weight is 242 g/mol. The number of benzene rings is 1. The lowest BCUT2D eigenvalue weighted by Crippen LogP contribution is -2.48. The molecule has 0 aromatic heterocycles. The summed E-state index contributed by atoms with van der Waals surface area (Å²) in [6.45, 7) is 3.97. The van der Waals surface area contributed by atoms with Crippen LogP contribution in [0.2, 0.25) is 0 Å². The van der Waals surface area contributed by atoms with E-state index < -0.39 is 11.6 Å². The van der Waals surface area contributed by atoms with Crippen molar-refractivity contribution >= 4 is 0 Å². The Morgan fingerprint density at radius 3 is 2.24 bits per heavy atom. The van der Waals surface area contributed by atoms with Gasteiger partial charge in [0.2, 0.25) is 0 Å².